The highest BCUT2D eigenvalue weighted by molar-refractivity contribution is 7.25. The van der Waals surface area contributed by atoms with Crippen molar-refractivity contribution in [3.05, 3.63) is 176 Å². The summed E-state index contributed by atoms with van der Waals surface area (Å²) in [6, 6.07) is 61.6. The van der Waals surface area contributed by atoms with E-state index in [0.29, 0.717) is 17.5 Å². The number of aromatic nitrogens is 3. The molecule has 3 nitrogen and oxygen atoms in total. The Labute approximate surface area is 288 Å². The average molecular weight is 644 g/mol. The fraction of sp³-hybridized carbons (Fsp3) is 0. The molecule has 0 unspecified atom stereocenters. The molecule has 0 N–H and O–H groups in total. The molecule has 4 heteroatoms. The van der Waals surface area contributed by atoms with Gasteiger partial charge in [0.05, 0.1) is 0 Å². The molecule has 2 heterocycles. The van der Waals surface area contributed by atoms with Crippen LogP contribution in [0.25, 0.3) is 87.7 Å². The van der Waals surface area contributed by atoms with Gasteiger partial charge in [-0.25, -0.2) is 15.0 Å². The summed E-state index contributed by atoms with van der Waals surface area (Å²) in [7, 11) is 0. The monoisotopic (exact) mass is 643 g/mol. The van der Waals surface area contributed by atoms with Gasteiger partial charge in [0.1, 0.15) is 0 Å². The van der Waals surface area contributed by atoms with Crippen molar-refractivity contribution in [2.75, 3.05) is 0 Å². The fourth-order valence-corrected chi connectivity index (χ4v) is 7.55. The molecule has 0 aliphatic carbocycles. The average Bonchev–Trinajstić information content (AvgIpc) is 3.57. The second kappa shape index (κ2) is 12.4. The van der Waals surface area contributed by atoms with E-state index in [-0.39, 0.29) is 0 Å². The van der Waals surface area contributed by atoms with Gasteiger partial charge in [-0.2, -0.15) is 0 Å². The molecule has 9 rings (SSSR count). The summed E-state index contributed by atoms with van der Waals surface area (Å²) in [4.78, 5) is 15.2. The summed E-state index contributed by atoms with van der Waals surface area (Å²) in [5.74, 6) is 1.92. The number of thiophene rings is 1. The quantitative estimate of drug-likeness (QED) is 0.181. The van der Waals surface area contributed by atoms with Crippen LogP contribution >= 0.6 is 11.3 Å². The van der Waals surface area contributed by atoms with Crippen LogP contribution in [0, 0.1) is 0 Å². The van der Waals surface area contributed by atoms with Gasteiger partial charge in [-0.05, 0) is 51.6 Å². The van der Waals surface area contributed by atoms with Gasteiger partial charge in [-0.15, -0.1) is 11.3 Å². The maximum Gasteiger partial charge on any atom is 0.164 e. The Kier molecular flexibility index (Phi) is 7.34. The van der Waals surface area contributed by atoms with Gasteiger partial charge in [0.15, 0.2) is 17.5 Å². The Morgan fingerprint density at radius 3 is 1.41 bits per heavy atom. The highest BCUT2D eigenvalue weighted by Gasteiger charge is 2.16. The van der Waals surface area contributed by atoms with E-state index in [4.69, 9.17) is 15.0 Å². The zero-order valence-corrected chi connectivity index (χ0v) is 27.3. The molecule has 0 saturated heterocycles. The predicted octanol–water partition coefficient (Wildman–Crippen LogP) is 12.2. The lowest BCUT2D eigenvalue weighted by atomic mass is 9.99. The lowest BCUT2D eigenvalue weighted by molar-refractivity contribution is 1.07. The minimum absolute atomic E-state index is 0.640. The van der Waals surface area contributed by atoms with Crippen molar-refractivity contribution in [2.45, 2.75) is 0 Å². The molecule has 7 aromatic carbocycles. The SMILES string of the molecule is c1ccc(-c2ccc(-c3nc(-c4ccc(-c5ccc6sc7ccccc7c6c5)cc4)nc(-c4ccccc4-c4ccccc4)n3)cc2)cc1. The Balaban J connectivity index is 1.14. The molecule has 0 bridgehead atoms. The van der Waals surface area contributed by atoms with Crippen molar-refractivity contribution in [3.63, 3.8) is 0 Å². The van der Waals surface area contributed by atoms with Crippen molar-refractivity contribution in [2.24, 2.45) is 0 Å². The summed E-state index contributed by atoms with van der Waals surface area (Å²) in [5.41, 5.74) is 9.71. The summed E-state index contributed by atoms with van der Waals surface area (Å²) < 4.78 is 2.62. The first-order chi connectivity index (χ1) is 24.3. The summed E-state index contributed by atoms with van der Waals surface area (Å²) >= 11 is 1.84. The number of hydrogen-bond donors (Lipinski definition) is 0. The second-order valence-corrected chi connectivity index (χ2v) is 13.1. The lowest BCUT2D eigenvalue weighted by Crippen LogP contribution is -2.01. The van der Waals surface area contributed by atoms with Gasteiger partial charge in [-0.3, -0.25) is 0 Å². The molecule has 2 aromatic heterocycles. The summed E-state index contributed by atoms with van der Waals surface area (Å²) in [6.45, 7) is 0. The van der Waals surface area contributed by atoms with E-state index in [2.05, 4.69) is 158 Å². The van der Waals surface area contributed by atoms with E-state index in [1.165, 1.54) is 31.3 Å². The van der Waals surface area contributed by atoms with E-state index < -0.39 is 0 Å². The van der Waals surface area contributed by atoms with Crippen LogP contribution < -0.4 is 0 Å². The van der Waals surface area contributed by atoms with Gasteiger partial charge < -0.3 is 0 Å². The Hall–Kier alpha value is -6.23. The van der Waals surface area contributed by atoms with E-state index in [1.54, 1.807) is 0 Å². The second-order valence-electron chi connectivity index (χ2n) is 12.0. The highest BCUT2D eigenvalue weighted by atomic mass is 32.1. The van der Waals surface area contributed by atoms with E-state index in [9.17, 15) is 0 Å². The smallest absolute Gasteiger partial charge is 0.164 e. The first-order valence-electron chi connectivity index (χ1n) is 16.4. The molecule has 49 heavy (non-hydrogen) atoms. The maximum atomic E-state index is 5.10. The standard InChI is InChI=1S/C45H29N3S/c1-3-11-30(12-4-1)31-19-23-34(24-20-31)43-46-44(48-45(47-43)39-17-8-7-15-37(39)33-13-5-2-6-14-33)35-25-21-32(22-26-35)36-27-28-42-40(29-36)38-16-9-10-18-41(38)49-42/h1-29H. The van der Waals surface area contributed by atoms with Crippen LogP contribution in [0.2, 0.25) is 0 Å². The van der Waals surface area contributed by atoms with E-state index in [1.807, 2.05) is 29.5 Å². The fourth-order valence-electron chi connectivity index (χ4n) is 6.46. The van der Waals surface area contributed by atoms with Crippen molar-refractivity contribution in [1.29, 1.82) is 0 Å². The Bertz CT molecular complexity index is 2570. The Morgan fingerprint density at radius 2 is 0.735 bits per heavy atom. The molecule has 0 aliphatic heterocycles. The molecule has 0 saturated carbocycles. The van der Waals surface area contributed by atoms with Crippen LogP contribution in [-0.4, -0.2) is 15.0 Å². The molecular weight excluding hydrogens is 615 g/mol. The van der Waals surface area contributed by atoms with Crippen LogP contribution in [0.1, 0.15) is 0 Å². The van der Waals surface area contributed by atoms with Crippen LogP contribution in [0.15, 0.2) is 176 Å². The number of rotatable bonds is 6. The van der Waals surface area contributed by atoms with Crippen LogP contribution in [0.4, 0.5) is 0 Å². The number of nitrogens with zero attached hydrogens (tertiary/aromatic N) is 3. The minimum atomic E-state index is 0.640. The molecule has 0 radical (unpaired) electrons. The minimum Gasteiger partial charge on any atom is -0.208 e. The molecule has 9 aromatic rings. The third kappa shape index (κ3) is 5.58. The van der Waals surface area contributed by atoms with Gasteiger partial charge in [-0.1, -0.05) is 158 Å². The normalized spacial score (nSPS) is 11.3. The first-order valence-corrected chi connectivity index (χ1v) is 17.2. The lowest BCUT2D eigenvalue weighted by Gasteiger charge is -2.12. The molecule has 0 atom stereocenters. The first kappa shape index (κ1) is 29.0. The maximum absolute atomic E-state index is 5.10. The summed E-state index contributed by atoms with van der Waals surface area (Å²) in [6.07, 6.45) is 0. The molecule has 0 amide bonds. The topological polar surface area (TPSA) is 38.7 Å². The number of hydrogen-bond acceptors (Lipinski definition) is 4. The zero-order chi connectivity index (χ0) is 32.6. The van der Waals surface area contributed by atoms with Gasteiger partial charge in [0.25, 0.3) is 0 Å². The molecule has 0 spiro atoms. The Morgan fingerprint density at radius 1 is 0.286 bits per heavy atom. The number of benzene rings is 7. The molecule has 0 aliphatic rings. The van der Waals surface area contributed by atoms with Gasteiger partial charge in [0, 0.05) is 36.9 Å². The number of fused-ring (bicyclic) bond motifs is 3. The molecule has 0 fully saturated rings. The van der Waals surface area contributed by atoms with Crippen molar-refractivity contribution < 1.29 is 0 Å². The van der Waals surface area contributed by atoms with Crippen LogP contribution in [0.3, 0.4) is 0 Å². The van der Waals surface area contributed by atoms with Gasteiger partial charge in [0.2, 0.25) is 0 Å². The predicted molar refractivity (Wildman–Crippen MR) is 205 cm³/mol. The largest absolute Gasteiger partial charge is 0.208 e. The van der Waals surface area contributed by atoms with Crippen molar-refractivity contribution >= 4 is 31.5 Å². The van der Waals surface area contributed by atoms with E-state index in [0.717, 1.165) is 38.9 Å². The van der Waals surface area contributed by atoms with Gasteiger partial charge >= 0.3 is 0 Å². The third-order valence-electron chi connectivity index (χ3n) is 8.99. The third-order valence-corrected chi connectivity index (χ3v) is 10.1. The van der Waals surface area contributed by atoms with E-state index >= 15 is 0 Å². The van der Waals surface area contributed by atoms with Crippen molar-refractivity contribution in [3.8, 4) is 67.5 Å². The summed E-state index contributed by atoms with van der Waals surface area (Å²) in [5, 5.41) is 2.60. The van der Waals surface area contributed by atoms with Crippen molar-refractivity contribution in [1.82, 2.24) is 15.0 Å². The molecular formula is C45H29N3S. The zero-order valence-electron chi connectivity index (χ0n) is 26.5. The molecule has 230 valence electrons. The van der Waals surface area contributed by atoms with Crippen LogP contribution in [-0.2, 0) is 0 Å². The highest BCUT2D eigenvalue weighted by Crippen LogP contribution is 2.37. The van der Waals surface area contributed by atoms with Crippen LogP contribution in [0.5, 0.6) is 0 Å².